The van der Waals surface area contributed by atoms with Crippen LogP contribution in [0.15, 0.2) is 24.3 Å². The van der Waals surface area contributed by atoms with Gasteiger partial charge in [0.15, 0.2) is 0 Å². The molecule has 1 aromatic rings. The summed E-state index contributed by atoms with van der Waals surface area (Å²) >= 11 is 0. The summed E-state index contributed by atoms with van der Waals surface area (Å²) in [5.41, 5.74) is 3.32. The first kappa shape index (κ1) is 13.6. The lowest BCUT2D eigenvalue weighted by Gasteiger charge is -2.38. The summed E-state index contributed by atoms with van der Waals surface area (Å²) < 4.78 is 0. The second-order valence-corrected chi connectivity index (χ2v) is 5.82. The van der Waals surface area contributed by atoms with E-state index in [0.29, 0.717) is 11.5 Å². The van der Waals surface area contributed by atoms with Gasteiger partial charge in [0.1, 0.15) is 0 Å². The minimum absolute atomic E-state index is 0.491. The minimum atomic E-state index is 0.491. The predicted molar refractivity (Wildman–Crippen MR) is 78.8 cm³/mol. The van der Waals surface area contributed by atoms with E-state index in [9.17, 15) is 0 Å². The monoisotopic (exact) mass is 245 g/mol. The van der Waals surface area contributed by atoms with E-state index in [1.165, 1.54) is 43.2 Å². The summed E-state index contributed by atoms with van der Waals surface area (Å²) in [6.07, 6.45) is 6.87. The maximum Gasteiger partial charge on any atom is 0.0376 e. The fourth-order valence-electron chi connectivity index (χ4n) is 3.58. The van der Waals surface area contributed by atoms with E-state index < -0.39 is 0 Å². The van der Waals surface area contributed by atoms with Gasteiger partial charge in [-0.1, -0.05) is 56.5 Å². The van der Waals surface area contributed by atoms with Gasteiger partial charge in [-0.15, -0.1) is 0 Å². The number of nitrogens with one attached hydrogen (secondary N) is 1. The standard InChI is InChI=1S/C17H27N/c1-4-17(12-6-7-13-17)16(18-5-2)15-10-8-14(3)9-11-15/h8-11,16,18H,4-7,12-13H2,1-3H3. The van der Waals surface area contributed by atoms with E-state index in [4.69, 9.17) is 0 Å². The zero-order chi connectivity index (χ0) is 13.0. The van der Waals surface area contributed by atoms with Crippen LogP contribution in [0.1, 0.15) is 63.1 Å². The molecule has 0 saturated heterocycles. The highest BCUT2D eigenvalue weighted by molar-refractivity contribution is 5.26. The van der Waals surface area contributed by atoms with Crippen LogP contribution < -0.4 is 5.32 Å². The molecule has 0 amide bonds. The molecule has 0 radical (unpaired) electrons. The van der Waals surface area contributed by atoms with Crippen molar-refractivity contribution in [3.05, 3.63) is 35.4 Å². The van der Waals surface area contributed by atoms with Crippen molar-refractivity contribution in [3.8, 4) is 0 Å². The Morgan fingerprint density at radius 1 is 1.11 bits per heavy atom. The first-order chi connectivity index (χ1) is 8.72. The summed E-state index contributed by atoms with van der Waals surface area (Å²) in [6.45, 7) is 7.81. The smallest absolute Gasteiger partial charge is 0.0376 e. The third-order valence-electron chi connectivity index (χ3n) is 4.73. The summed E-state index contributed by atoms with van der Waals surface area (Å²) in [4.78, 5) is 0. The molecular formula is C17H27N. The first-order valence-corrected chi connectivity index (χ1v) is 7.52. The van der Waals surface area contributed by atoms with Gasteiger partial charge in [0.05, 0.1) is 0 Å². The Hall–Kier alpha value is -0.820. The average Bonchev–Trinajstić information content (AvgIpc) is 2.87. The maximum atomic E-state index is 3.75. The highest BCUT2D eigenvalue weighted by atomic mass is 14.9. The van der Waals surface area contributed by atoms with Crippen LogP contribution >= 0.6 is 0 Å². The Morgan fingerprint density at radius 2 is 1.72 bits per heavy atom. The summed E-state index contributed by atoms with van der Waals surface area (Å²) in [5.74, 6) is 0. The van der Waals surface area contributed by atoms with E-state index in [1.54, 1.807) is 0 Å². The maximum absolute atomic E-state index is 3.75. The van der Waals surface area contributed by atoms with Crippen LogP contribution in [0.5, 0.6) is 0 Å². The number of hydrogen-bond acceptors (Lipinski definition) is 1. The molecule has 1 heteroatoms. The molecule has 0 bridgehead atoms. The second-order valence-electron chi connectivity index (χ2n) is 5.82. The molecule has 1 fully saturated rings. The van der Waals surface area contributed by atoms with Gasteiger partial charge in [-0.3, -0.25) is 0 Å². The lowest BCUT2D eigenvalue weighted by atomic mass is 9.73. The minimum Gasteiger partial charge on any atom is -0.310 e. The molecular weight excluding hydrogens is 218 g/mol. The van der Waals surface area contributed by atoms with Crippen molar-refractivity contribution in [1.29, 1.82) is 0 Å². The van der Waals surface area contributed by atoms with Gasteiger partial charge in [0, 0.05) is 6.04 Å². The quantitative estimate of drug-likeness (QED) is 0.798. The Morgan fingerprint density at radius 3 is 2.22 bits per heavy atom. The van der Waals surface area contributed by atoms with Gasteiger partial charge in [0.2, 0.25) is 0 Å². The van der Waals surface area contributed by atoms with Crippen LogP contribution in [0.4, 0.5) is 0 Å². The normalized spacial score (nSPS) is 19.9. The highest BCUT2D eigenvalue weighted by Gasteiger charge is 2.39. The van der Waals surface area contributed by atoms with Crippen molar-refractivity contribution in [2.75, 3.05) is 6.54 Å². The average molecular weight is 245 g/mol. The van der Waals surface area contributed by atoms with E-state index in [-0.39, 0.29) is 0 Å². The molecule has 0 aromatic heterocycles. The van der Waals surface area contributed by atoms with Crippen molar-refractivity contribution in [2.24, 2.45) is 5.41 Å². The van der Waals surface area contributed by atoms with Gasteiger partial charge in [-0.05, 0) is 43.7 Å². The van der Waals surface area contributed by atoms with Crippen LogP contribution in [0.2, 0.25) is 0 Å². The van der Waals surface area contributed by atoms with Gasteiger partial charge in [-0.2, -0.15) is 0 Å². The zero-order valence-corrected chi connectivity index (χ0v) is 12.1. The second kappa shape index (κ2) is 5.88. The Labute approximate surface area is 112 Å². The number of aryl methyl sites for hydroxylation is 1. The van der Waals surface area contributed by atoms with Gasteiger partial charge >= 0.3 is 0 Å². The van der Waals surface area contributed by atoms with E-state index in [2.05, 4.69) is 50.4 Å². The largest absolute Gasteiger partial charge is 0.310 e. The molecule has 1 nitrogen and oxygen atoms in total. The Bertz CT molecular complexity index is 360. The molecule has 1 aliphatic carbocycles. The van der Waals surface area contributed by atoms with Gasteiger partial charge < -0.3 is 5.32 Å². The molecule has 0 heterocycles. The van der Waals surface area contributed by atoms with Crippen LogP contribution in [0.25, 0.3) is 0 Å². The number of rotatable bonds is 5. The topological polar surface area (TPSA) is 12.0 Å². The van der Waals surface area contributed by atoms with Crippen molar-refractivity contribution in [3.63, 3.8) is 0 Å². The zero-order valence-electron chi connectivity index (χ0n) is 12.1. The van der Waals surface area contributed by atoms with Crippen LogP contribution in [-0.2, 0) is 0 Å². The highest BCUT2D eigenvalue weighted by Crippen LogP contribution is 2.49. The molecule has 18 heavy (non-hydrogen) atoms. The predicted octanol–water partition coefficient (Wildman–Crippen LogP) is 4.62. The molecule has 2 rings (SSSR count). The Balaban J connectivity index is 2.29. The number of hydrogen-bond donors (Lipinski definition) is 1. The third kappa shape index (κ3) is 2.61. The van der Waals surface area contributed by atoms with E-state index in [1.807, 2.05) is 0 Å². The molecule has 1 saturated carbocycles. The summed E-state index contributed by atoms with van der Waals surface area (Å²) in [7, 11) is 0. The van der Waals surface area contributed by atoms with Gasteiger partial charge in [0.25, 0.3) is 0 Å². The van der Waals surface area contributed by atoms with Crippen molar-refractivity contribution < 1.29 is 0 Å². The van der Waals surface area contributed by atoms with E-state index >= 15 is 0 Å². The summed E-state index contributed by atoms with van der Waals surface area (Å²) in [6, 6.07) is 9.67. The van der Waals surface area contributed by atoms with Crippen LogP contribution in [0.3, 0.4) is 0 Å². The van der Waals surface area contributed by atoms with Crippen LogP contribution in [0, 0.1) is 12.3 Å². The number of benzene rings is 1. The summed E-state index contributed by atoms with van der Waals surface area (Å²) in [5, 5.41) is 3.75. The SMILES string of the molecule is CCNC(c1ccc(C)cc1)C1(CC)CCCC1. The fourth-order valence-corrected chi connectivity index (χ4v) is 3.58. The molecule has 1 aromatic carbocycles. The molecule has 100 valence electrons. The molecule has 1 unspecified atom stereocenters. The van der Waals surface area contributed by atoms with E-state index in [0.717, 1.165) is 6.54 Å². The molecule has 0 aliphatic heterocycles. The van der Waals surface area contributed by atoms with Crippen LogP contribution in [-0.4, -0.2) is 6.54 Å². The van der Waals surface area contributed by atoms with Crippen molar-refractivity contribution >= 4 is 0 Å². The molecule has 0 spiro atoms. The fraction of sp³-hybridized carbons (Fsp3) is 0.647. The van der Waals surface area contributed by atoms with Crippen molar-refractivity contribution in [2.45, 2.75) is 58.9 Å². The van der Waals surface area contributed by atoms with Crippen molar-refractivity contribution in [1.82, 2.24) is 5.32 Å². The van der Waals surface area contributed by atoms with Gasteiger partial charge in [-0.25, -0.2) is 0 Å². The molecule has 1 N–H and O–H groups in total. The molecule has 1 aliphatic rings. The lowest BCUT2D eigenvalue weighted by molar-refractivity contribution is 0.189. The third-order valence-corrected chi connectivity index (χ3v) is 4.73. The Kier molecular flexibility index (Phi) is 4.45. The lowest BCUT2D eigenvalue weighted by Crippen LogP contribution is -2.36. The first-order valence-electron chi connectivity index (χ1n) is 7.52. The molecule has 1 atom stereocenters.